The molecular formula is C41H39Cl2OSiZr. The van der Waals surface area contributed by atoms with Gasteiger partial charge in [-0.3, -0.25) is 0 Å². The average molecular weight is 738 g/mol. The summed E-state index contributed by atoms with van der Waals surface area (Å²) in [4.78, 5) is 0. The molecule has 2 aliphatic heterocycles. The molecule has 0 amide bonds. The Morgan fingerprint density at radius 1 is 0.696 bits per heavy atom. The summed E-state index contributed by atoms with van der Waals surface area (Å²) in [6.45, 7) is 13.3. The number of hydrogen-bond donors (Lipinski definition) is 0. The largest absolute Gasteiger partial charge is 3.00 e. The molecule has 231 valence electrons. The van der Waals surface area contributed by atoms with Crippen molar-refractivity contribution in [1.82, 2.24) is 0 Å². The van der Waals surface area contributed by atoms with Crippen LogP contribution in [0.5, 0.6) is 0 Å². The Kier molecular flexibility index (Phi) is 10.8. The zero-order valence-corrected chi connectivity index (χ0v) is 32.3. The maximum atomic E-state index is 6.13. The molecule has 0 fully saturated rings. The second kappa shape index (κ2) is 13.7. The van der Waals surface area contributed by atoms with Crippen molar-refractivity contribution >= 4 is 34.4 Å². The Morgan fingerprint density at radius 3 is 1.83 bits per heavy atom. The Hall–Kier alpha value is -2.81. The number of hydrogen-bond acceptors (Lipinski definition) is 1. The van der Waals surface area contributed by atoms with Crippen LogP contribution in [0, 0.1) is 13.8 Å². The Morgan fingerprint density at radius 2 is 1.28 bits per heavy atom. The second-order valence-corrected chi connectivity index (χ2v) is 17.2. The molecule has 2 aliphatic rings. The van der Waals surface area contributed by atoms with E-state index in [4.69, 9.17) is 4.42 Å². The van der Waals surface area contributed by atoms with Crippen molar-refractivity contribution in [2.24, 2.45) is 0 Å². The van der Waals surface area contributed by atoms with Crippen molar-refractivity contribution in [2.45, 2.75) is 52.5 Å². The van der Waals surface area contributed by atoms with Crippen LogP contribution in [0.25, 0.3) is 27.1 Å². The minimum Gasteiger partial charge on any atom is -1.00 e. The average Bonchev–Trinajstić information content (AvgIpc) is 3.71. The molecule has 5 aromatic carbocycles. The summed E-state index contributed by atoms with van der Waals surface area (Å²) in [6.07, 6.45) is 0. The molecule has 0 aliphatic carbocycles. The standard InChI is InChI=1S/C21H18OSi.C20H21.2ClH.Zr/c1-14-13-18-19(22-14)21-15(2)20(18)23(21,16-9-5-3-6-10-16)17-11-7-4-8-12-17;1-14-12-16-6-5-7-18(19(16)13-14)15-8-10-17(11-9-15)20(2,3)4;;;/h3-13,20H,1-2H3;5-13H,1-4H3;2*1H;/q;-1;;;+3/p-2. The van der Waals surface area contributed by atoms with Crippen molar-refractivity contribution in [3.05, 3.63) is 155 Å². The molecule has 0 N–H and O–H groups in total. The Balaban J connectivity index is 0.000000198. The molecule has 0 saturated heterocycles. The number of allylic oxidation sites excluding steroid dienone is 1. The zero-order valence-electron chi connectivity index (χ0n) is 27.3. The molecule has 3 heterocycles. The quantitative estimate of drug-likeness (QED) is 0.200. The van der Waals surface area contributed by atoms with E-state index in [2.05, 4.69) is 163 Å². The molecule has 1 nitrogen and oxygen atoms in total. The summed E-state index contributed by atoms with van der Waals surface area (Å²) in [5, 5.41) is 7.21. The van der Waals surface area contributed by atoms with Gasteiger partial charge in [-0.25, -0.2) is 0 Å². The minimum absolute atomic E-state index is 0. The van der Waals surface area contributed by atoms with Crippen LogP contribution < -0.4 is 35.2 Å². The number of aryl methyl sites for hydroxylation is 2. The predicted octanol–water partition coefficient (Wildman–Crippen LogP) is 3.65. The van der Waals surface area contributed by atoms with E-state index in [1.54, 1.807) is 0 Å². The van der Waals surface area contributed by atoms with Crippen molar-refractivity contribution in [3.8, 4) is 11.1 Å². The van der Waals surface area contributed by atoms with E-state index in [1.165, 1.54) is 65.5 Å². The summed E-state index contributed by atoms with van der Waals surface area (Å²) < 4.78 is 6.13. The van der Waals surface area contributed by atoms with Crippen LogP contribution >= 0.6 is 0 Å². The van der Waals surface area contributed by atoms with Crippen molar-refractivity contribution in [1.29, 1.82) is 0 Å². The number of rotatable bonds is 3. The molecule has 46 heavy (non-hydrogen) atoms. The van der Waals surface area contributed by atoms with E-state index in [1.807, 2.05) is 0 Å². The monoisotopic (exact) mass is 735 g/mol. The van der Waals surface area contributed by atoms with Crippen LogP contribution in [0.1, 0.15) is 61.4 Å². The second-order valence-electron chi connectivity index (χ2n) is 13.3. The summed E-state index contributed by atoms with van der Waals surface area (Å²) in [5.41, 5.74) is 9.04. The first-order valence-corrected chi connectivity index (χ1v) is 17.5. The molecule has 0 spiro atoms. The van der Waals surface area contributed by atoms with Gasteiger partial charge in [-0.2, -0.15) is 6.07 Å². The first kappa shape index (κ1) is 36.0. The van der Waals surface area contributed by atoms with Crippen LogP contribution in [-0.4, -0.2) is 8.07 Å². The van der Waals surface area contributed by atoms with E-state index in [0.717, 1.165) is 5.76 Å². The fraction of sp³-hybridized carbons (Fsp3) is 0.195. The molecule has 0 saturated carbocycles. The number of halogens is 2. The molecule has 2 bridgehead atoms. The predicted molar refractivity (Wildman–Crippen MR) is 185 cm³/mol. The van der Waals surface area contributed by atoms with Gasteiger partial charge in [0.2, 0.25) is 0 Å². The Bertz CT molecular complexity index is 1940. The Labute approximate surface area is 306 Å². The van der Waals surface area contributed by atoms with Gasteiger partial charge >= 0.3 is 26.2 Å². The van der Waals surface area contributed by atoms with Gasteiger partial charge in [0, 0.05) is 11.1 Å². The topological polar surface area (TPSA) is 13.1 Å². The van der Waals surface area contributed by atoms with Crippen molar-refractivity contribution in [3.63, 3.8) is 0 Å². The fourth-order valence-corrected chi connectivity index (χ4v) is 13.5. The van der Waals surface area contributed by atoms with Crippen molar-refractivity contribution in [2.75, 3.05) is 0 Å². The third kappa shape index (κ3) is 5.79. The summed E-state index contributed by atoms with van der Waals surface area (Å²) in [5.74, 6) is 2.21. The third-order valence-corrected chi connectivity index (χ3v) is 15.0. The molecule has 1 atom stereocenters. The number of fused-ring (bicyclic) bond motifs is 6. The molecule has 1 aromatic heterocycles. The summed E-state index contributed by atoms with van der Waals surface area (Å²) in [6, 6.07) is 44.5. The van der Waals surface area contributed by atoms with E-state index >= 15 is 0 Å². The van der Waals surface area contributed by atoms with Gasteiger partial charge in [0.25, 0.3) is 0 Å². The molecule has 5 heteroatoms. The van der Waals surface area contributed by atoms with Gasteiger partial charge in [-0.1, -0.05) is 130 Å². The molecule has 1 radical (unpaired) electrons. The maximum absolute atomic E-state index is 6.13. The molecule has 8 rings (SSSR count). The van der Waals surface area contributed by atoms with Gasteiger partial charge in [0.1, 0.15) is 11.5 Å². The van der Waals surface area contributed by atoms with Crippen LogP contribution in [0.15, 0.2) is 131 Å². The normalized spacial score (nSPS) is 15.4. The SMILES string of the molecule is CC1=C2c3oc(C)cc3C1[Si]2(c1ccccc1)c1ccccc1.Cc1cc2c(-c3ccc(C(C)(C)C)cc3)cccc2[cH-]1.[Cl-].[Cl-].[Zr+3]. The van der Waals surface area contributed by atoms with Crippen molar-refractivity contribution < 1.29 is 55.4 Å². The summed E-state index contributed by atoms with van der Waals surface area (Å²) in [7, 11) is -1.94. The van der Waals surface area contributed by atoms with E-state index in [-0.39, 0.29) is 56.4 Å². The minimum atomic E-state index is -1.94. The van der Waals surface area contributed by atoms with Crippen LogP contribution in [0.2, 0.25) is 0 Å². The maximum Gasteiger partial charge on any atom is 3.00 e. The van der Waals surface area contributed by atoms with Gasteiger partial charge in [0.15, 0.2) is 8.07 Å². The zero-order chi connectivity index (χ0) is 29.9. The van der Waals surface area contributed by atoms with Crippen LogP contribution in [0.3, 0.4) is 0 Å². The first-order chi connectivity index (χ1) is 20.7. The smallest absolute Gasteiger partial charge is 1.00 e. The fourth-order valence-electron chi connectivity index (χ4n) is 7.59. The molecular weight excluding hydrogens is 699 g/mol. The molecule has 6 aromatic rings. The van der Waals surface area contributed by atoms with Gasteiger partial charge < -0.3 is 29.2 Å². The van der Waals surface area contributed by atoms with Gasteiger partial charge in [-0.15, -0.1) is 34.5 Å². The van der Waals surface area contributed by atoms with Gasteiger partial charge in [0.05, 0.1) is 0 Å². The summed E-state index contributed by atoms with van der Waals surface area (Å²) >= 11 is 0. The van der Waals surface area contributed by atoms with Gasteiger partial charge in [-0.05, 0) is 52.0 Å². The van der Waals surface area contributed by atoms with E-state index < -0.39 is 8.07 Å². The van der Waals surface area contributed by atoms with Crippen LogP contribution in [-0.2, 0) is 31.6 Å². The van der Waals surface area contributed by atoms with E-state index in [9.17, 15) is 0 Å². The van der Waals surface area contributed by atoms with Crippen LogP contribution in [0.4, 0.5) is 0 Å². The van der Waals surface area contributed by atoms with E-state index in [0.29, 0.717) is 5.54 Å². The molecule has 1 unspecified atom stereocenters. The number of furan rings is 1. The first-order valence-electron chi connectivity index (χ1n) is 15.4. The third-order valence-electron chi connectivity index (χ3n) is 9.49. The number of benzene rings is 4.